The largest absolute Gasteiger partial charge is 0.506 e. The lowest BCUT2D eigenvalue weighted by Gasteiger charge is -2.20. The zero-order valence-corrected chi connectivity index (χ0v) is 9.80. The fourth-order valence-corrected chi connectivity index (χ4v) is 1.36. The Labute approximate surface area is 100 Å². The van der Waals surface area contributed by atoms with Crippen molar-refractivity contribution in [2.75, 3.05) is 26.8 Å². The van der Waals surface area contributed by atoms with Gasteiger partial charge in [0.1, 0.15) is 5.75 Å². The highest BCUT2D eigenvalue weighted by Gasteiger charge is 2.14. The highest BCUT2D eigenvalue weighted by molar-refractivity contribution is 5.94. The van der Waals surface area contributed by atoms with E-state index in [1.807, 2.05) is 0 Å². The van der Waals surface area contributed by atoms with Gasteiger partial charge in [0.05, 0.1) is 18.4 Å². The predicted molar refractivity (Wildman–Crippen MR) is 63.9 cm³/mol. The van der Waals surface area contributed by atoms with Crippen molar-refractivity contribution >= 4 is 5.91 Å². The first kappa shape index (κ1) is 13.2. The van der Waals surface area contributed by atoms with Crippen molar-refractivity contribution < 1.29 is 14.6 Å². The van der Waals surface area contributed by atoms with Gasteiger partial charge in [-0.1, -0.05) is 6.08 Å². The van der Waals surface area contributed by atoms with Gasteiger partial charge in [0.25, 0.3) is 5.91 Å². The molecule has 92 valence electrons. The number of hydrogen-bond acceptors (Lipinski definition) is 4. The number of nitrogens with zero attached hydrogens (tertiary/aromatic N) is 2. The minimum absolute atomic E-state index is 0.0267. The molecule has 1 N–H and O–H groups in total. The standard InChI is InChI=1S/C12H16N2O3/c1-3-4-14(5-6-17-2)12(16)10-7-11(15)9-13-8-10/h3,7-9,15H,1,4-6H2,2H3. The minimum Gasteiger partial charge on any atom is -0.506 e. The van der Waals surface area contributed by atoms with Crippen LogP contribution in [0.4, 0.5) is 0 Å². The number of rotatable bonds is 6. The number of ether oxygens (including phenoxy) is 1. The summed E-state index contributed by atoms with van der Waals surface area (Å²) in [5, 5.41) is 9.27. The van der Waals surface area contributed by atoms with Crippen molar-refractivity contribution in [3.8, 4) is 5.75 Å². The molecule has 0 radical (unpaired) electrons. The number of carbonyl (C=O) groups is 1. The highest BCUT2D eigenvalue weighted by Crippen LogP contribution is 2.11. The second-order valence-electron chi connectivity index (χ2n) is 3.46. The van der Waals surface area contributed by atoms with Crippen molar-refractivity contribution in [1.82, 2.24) is 9.88 Å². The van der Waals surface area contributed by atoms with Gasteiger partial charge in [0, 0.05) is 26.4 Å². The van der Waals surface area contributed by atoms with Crippen LogP contribution in [0.5, 0.6) is 5.75 Å². The molecule has 0 aliphatic carbocycles. The van der Waals surface area contributed by atoms with E-state index in [0.717, 1.165) is 0 Å². The second-order valence-corrected chi connectivity index (χ2v) is 3.46. The van der Waals surface area contributed by atoms with Gasteiger partial charge in [-0.05, 0) is 6.07 Å². The van der Waals surface area contributed by atoms with Crippen molar-refractivity contribution in [3.05, 3.63) is 36.7 Å². The molecule has 5 heteroatoms. The van der Waals surface area contributed by atoms with Crippen LogP contribution in [0.25, 0.3) is 0 Å². The molecular weight excluding hydrogens is 220 g/mol. The molecule has 0 aliphatic heterocycles. The van der Waals surface area contributed by atoms with Crippen molar-refractivity contribution in [1.29, 1.82) is 0 Å². The Hall–Kier alpha value is -1.88. The van der Waals surface area contributed by atoms with Gasteiger partial charge in [-0.2, -0.15) is 0 Å². The molecule has 5 nitrogen and oxygen atoms in total. The third-order valence-electron chi connectivity index (χ3n) is 2.17. The number of methoxy groups -OCH3 is 1. The topological polar surface area (TPSA) is 62.7 Å². The van der Waals surface area contributed by atoms with Crippen LogP contribution in [0, 0.1) is 0 Å². The Morgan fingerprint density at radius 1 is 1.65 bits per heavy atom. The van der Waals surface area contributed by atoms with E-state index in [0.29, 0.717) is 25.3 Å². The maximum Gasteiger partial charge on any atom is 0.255 e. The van der Waals surface area contributed by atoms with Gasteiger partial charge in [-0.3, -0.25) is 9.78 Å². The van der Waals surface area contributed by atoms with Crippen molar-refractivity contribution in [2.45, 2.75) is 0 Å². The molecule has 1 aromatic heterocycles. The number of hydrogen-bond donors (Lipinski definition) is 1. The summed E-state index contributed by atoms with van der Waals surface area (Å²) >= 11 is 0. The summed E-state index contributed by atoms with van der Waals surface area (Å²) in [6, 6.07) is 1.39. The summed E-state index contributed by atoms with van der Waals surface area (Å²) in [5.74, 6) is -0.230. The molecule has 1 rings (SSSR count). The van der Waals surface area contributed by atoms with E-state index < -0.39 is 0 Å². The fourth-order valence-electron chi connectivity index (χ4n) is 1.36. The van der Waals surface area contributed by atoms with E-state index in [2.05, 4.69) is 11.6 Å². The molecule has 1 amide bonds. The first-order chi connectivity index (χ1) is 8.19. The van der Waals surface area contributed by atoms with E-state index >= 15 is 0 Å². The molecule has 17 heavy (non-hydrogen) atoms. The average Bonchev–Trinajstić information content (AvgIpc) is 2.33. The lowest BCUT2D eigenvalue weighted by Crippen LogP contribution is -2.34. The quantitative estimate of drug-likeness (QED) is 0.750. The Kier molecular flexibility index (Phi) is 5.16. The minimum atomic E-state index is -0.203. The normalized spacial score (nSPS) is 9.94. The van der Waals surface area contributed by atoms with Crippen LogP contribution in [0.1, 0.15) is 10.4 Å². The lowest BCUT2D eigenvalue weighted by atomic mass is 10.2. The van der Waals surface area contributed by atoms with Crippen molar-refractivity contribution in [3.63, 3.8) is 0 Å². The average molecular weight is 236 g/mol. The van der Waals surface area contributed by atoms with Gasteiger partial charge in [-0.15, -0.1) is 6.58 Å². The molecule has 0 aromatic carbocycles. The number of pyridine rings is 1. The predicted octanol–water partition coefficient (Wildman–Crippen LogP) is 1.06. The van der Waals surface area contributed by atoms with Crippen molar-refractivity contribution in [2.24, 2.45) is 0 Å². The molecule has 0 unspecified atom stereocenters. The maximum atomic E-state index is 12.1. The molecule has 0 bridgehead atoms. The van der Waals surface area contributed by atoms with E-state index in [4.69, 9.17) is 4.74 Å². The second kappa shape index (κ2) is 6.65. The van der Waals surface area contributed by atoms with E-state index in [1.165, 1.54) is 18.5 Å². The first-order valence-electron chi connectivity index (χ1n) is 5.22. The number of carbonyl (C=O) groups excluding carboxylic acids is 1. The summed E-state index contributed by atoms with van der Waals surface area (Å²) in [6.45, 7) is 4.95. The summed E-state index contributed by atoms with van der Waals surface area (Å²) in [7, 11) is 1.58. The molecule has 0 saturated carbocycles. The zero-order valence-electron chi connectivity index (χ0n) is 9.80. The van der Waals surface area contributed by atoms with Crippen LogP contribution in [0.2, 0.25) is 0 Å². The first-order valence-corrected chi connectivity index (χ1v) is 5.22. The van der Waals surface area contributed by atoms with Gasteiger partial charge < -0.3 is 14.7 Å². The smallest absolute Gasteiger partial charge is 0.255 e. The van der Waals surface area contributed by atoms with Gasteiger partial charge in [0.15, 0.2) is 0 Å². The maximum absolute atomic E-state index is 12.1. The van der Waals surface area contributed by atoms with E-state index in [1.54, 1.807) is 18.1 Å². The molecule has 1 heterocycles. The number of aromatic nitrogens is 1. The Balaban J connectivity index is 2.79. The lowest BCUT2D eigenvalue weighted by molar-refractivity contribution is 0.0717. The fraction of sp³-hybridized carbons (Fsp3) is 0.333. The Morgan fingerprint density at radius 2 is 2.41 bits per heavy atom. The van der Waals surface area contributed by atoms with Crippen LogP contribution in [0.15, 0.2) is 31.1 Å². The van der Waals surface area contributed by atoms with Crippen LogP contribution >= 0.6 is 0 Å². The SMILES string of the molecule is C=CCN(CCOC)C(=O)c1cncc(O)c1. The molecule has 1 aromatic rings. The third kappa shape index (κ3) is 3.88. The van der Waals surface area contributed by atoms with Crippen LogP contribution in [0.3, 0.4) is 0 Å². The third-order valence-corrected chi connectivity index (χ3v) is 2.17. The monoisotopic (exact) mass is 236 g/mol. The number of aromatic hydroxyl groups is 1. The molecule has 0 atom stereocenters. The molecule has 0 fully saturated rings. The Bertz CT molecular complexity index is 393. The van der Waals surface area contributed by atoms with Gasteiger partial charge in [0.2, 0.25) is 0 Å². The number of amides is 1. The van der Waals surface area contributed by atoms with E-state index in [-0.39, 0.29) is 11.7 Å². The molecule has 0 aliphatic rings. The van der Waals surface area contributed by atoms with Crippen LogP contribution in [-0.4, -0.2) is 47.7 Å². The van der Waals surface area contributed by atoms with Gasteiger partial charge >= 0.3 is 0 Å². The zero-order chi connectivity index (χ0) is 12.7. The summed E-state index contributed by atoms with van der Waals surface area (Å²) in [4.78, 5) is 17.4. The highest BCUT2D eigenvalue weighted by atomic mass is 16.5. The summed E-state index contributed by atoms with van der Waals surface area (Å²) in [6.07, 6.45) is 4.35. The van der Waals surface area contributed by atoms with Crippen LogP contribution < -0.4 is 0 Å². The summed E-state index contributed by atoms with van der Waals surface area (Å²) < 4.78 is 4.94. The molecule has 0 saturated heterocycles. The molecular formula is C12H16N2O3. The van der Waals surface area contributed by atoms with Crippen LogP contribution in [-0.2, 0) is 4.74 Å². The van der Waals surface area contributed by atoms with Gasteiger partial charge in [-0.25, -0.2) is 0 Å². The van der Waals surface area contributed by atoms with E-state index in [9.17, 15) is 9.90 Å². The molecule has 0 spiro atoms. The Morgan fingerprint density at radius 3 is 3.00 bits per heavy atom. The summed E-state index contributed by atoms with van der Waals surface area (Å²) in [5.41, 5.74) is 0.350.